The van der Waals surface area contributed by atoms with Crippen LogP contribution in [0.1, 0.15) is 45.4 Å². The van der Waals surface area contributed by atoms with Crippen LogP contribution in [-0.4, -0.2) is 31.1 Å². The van der Waals surface area contributed by atoms with E-state index in [1.165, 1.54) is 7.11 Å². The second-order valence-electron chi connectivity index (χ2n) is 5.16. The molecule has 0 aromatic rings. The minimum atomic E-state index is -0.308. The molecular formula is C13H25ClN2O3. The largest absolute Gasteiger partial charge is 0.469 e. The van der Waals surface area contributed by atoms with Gasteiger partial charge in [0.2, 0.25) is 5.91 Å². The van der Waals surface area contributed by atoms with E-state index in [-0.39, 0.29) is 48.7 Å². The number of hydrogen-bond donors (Lipinski definition) is 2. The molecule has 1 aliphatic rings. The third-order valence-corrected chi connectivity index (χ3v) is 3.52. The maximum Gasteiger partial charge on any atom is 0.307 e. The number of carbonyl (C=O) groups excluding carboxylic acids is 2. The van der Waals surface area contributed by atoms with Gasteiger partial charge in [-0.2, -0.15) is 0 Å². The predicted octanol–water partition coefficient (Wildman–Crippen LogP) is 1.38. The van der Waals surface area contributed by atoms with Gasteiger partial charge in [0.1, 0.15) is 0 Å². The van der Waals surface area contributed by atoms with Crippen LogP contribution >= 0.6 is 12.4 Å². The molecule has 3 atom stereocenters. The van der Waals surface area contributed by atoms with Gasteiger partial charge in [-0.15, -0.1) is 12.4 Å². The molecule has 3 unspecified atom stereocenters. The molecule has 3 N–H and O–H groups in total. The Morgan fingerprint density at radius 1 is 1.37 bits per heavy atom. The zero-order valence-corrected chi connectivity index (χ0v) is 12.5. The number of rotatable bonds is 5. The Bertz CT molecular complexity index is 300. The molecule has 0 aliphatic heterocycles. The van der Waals surface area contributed by atoms with Crippen molar-refractivity contribution in [1.29, 1.82) is 0 Å². The molecule has 1 amide bonds. The second-order valence-corrected chi connectivity index (χ2v) is 5.16. The van der Waals surface area contributed by atoms with E-state index in [0.717, 1.165) is 25.7 Å². The summed E-state index contributed by atoms with van der Waals surface area (Å²) in [4.78, 5) is 22.9. The fourth-order valence-electron chi connectivity index (χ4n) is 2.45. The molecule has 5 nitrogen and oxygen atoms in total. The van der Waals surface area contributed by atoms with E-state index in [1.54, 1.807) is 6.92 Å². The van der Waals surface area contributed by atoms with Crippen LogP contribution in [0.5, 0.6) is 0 Å². The topological polar surface area (TPSA) is 81.4 Å². The first-order valence-electron chi connectivity index (χ1n) is 6.64. The highest BCUT2D eigenvalue weighted by atomic mass is 35.5. The lowest BCUT2D eigenvalue weighted by molar-refractivity contribution is -0.141. The number of hydrogen-bond acceptors (Lipinski definition) is 4. The fourth-order valence-corrected chi connectivity index (χ4v) is 2.45. The van der Waals surface area contributed by atoms with Gasteiger partial charge in [0.15, 0.2) is 0 Å². The van der Waals surface area contributed by atoms with E-state index in [0.29, 0.717) is 6.42 Å². The van der Waals surface area contributed by atoms with Crippen molar-refractivity contribution in [2.75, 3.05) is 7.11 Å². The maximum absolute atomic E-state index is 11.8. The number of esters is 1. The SMILES string of the molecule is COC(=O)CC(C)NC(=O)CC1CCCCC1N.Cl. The molecule has 1 aliphatic carbocycles. The fraction of sp³-hybridized carbons (Fsp3) is 0.846. The molecule has 1 rings (SSSR count). The third kappa shape index (κ3) is 6.78. The molecule has 6 heteroatoms. The van der Waals surface area contributed by atoms with Gasteiger partial charge in [-0.3, -0.25) is 9.59 Å². The number of ether oxygens (including phenoxy) is 1. The van der Waals surface area contributed by atoms with Crippen molar-refractivity contribution in [3.8, 4) is 0 Å². The van der Waals surface area contributed by atoms with Crippen molar-refractivity contribution in [2.45, 2.75) is 57.5 Å². The van der Waals surface area contributed by atoms with E-state index >= 15 is 0 Å². The van der Waals surface area contributed by atoms with Crippen LogP contribution in [0.4, 0.5) is 0 Å². The van der Waals surface area contributed by atoms with Gasteiger partial charge in [-0.25, -0.2) is 0 Å². The molecule has 0 radical (unpaired) electrons. The van der Waals surface area contributed by atoms with E-state index in [1.807, 2.05) is 0 Å². The van der Waals surface area contributed by atoms with Crippen molar-refractivity contribution < 1.29 is 14.3 Å². The third-order valence-electron chi connectivity index (χ3n) is 3.52. The van der Waals surface area contributed by atoms with E-state index in [2.05, 4.69) is 10.1 Å². The lowest BCUT2D eigenvalue weighted by Crippen LogP contribution is -2.40. The van der Waals surface area contributed by atoms with Crippen LogP contribution in [0.25, 0.3) is 0 Å². The van der Waals surface area contributed by atoms with Crippen LogP contribution in [0, 0.1) is 5.92 Å². The van der Waals surface area contributed by atoms with Crippen LogP contribution < -0.4 is 11.1 Å². The minimum Gasteiger partial charge on any atom is -0.469 e. The highest BCUT2D eigenvalue weighted by Gasteiger charge is 2.24. The molecule has 0 heterocycles. The summed E-state index contributed by atoms with van der Waals surface area (Å²) in [6.07, 6.45) is 5.03. The monoisotopic (exact) mass is 292 g/mol. The summed E-state index contributed by atoms with van der Waals surface area (Å²) >= 11 is 0. The van der Waals surface area contributed by atoms with E-state index in [9.17, 15) is 9.59 Å². The summed E-state index contributed by atoms with van der Waals surface area (Å²) in [5.41, 5.74) is 6.01. The standard InChI is InChI=1S/C13H24N2O3.ClH/c1-9(7-13(17)18-2)15-12(16)8-10-5-3-4-6-11(10)14;/h9-11H,3-8,14H2,1-2H3,(H,15,16);1H. The van der Waals surface area contributed by atoms with Gasteiger partial charge >= 0.3 is 5.97 Å². The molecule has 1 fully saturated rings. The van der Waals surface area contributed by atoms with Gasteiger partial charge < -0.3 is 15.8 Å². The van der Waals surface area contributed by atoms with Crippen molar-refractivity contribution in [2.24, 2.45) is 11.7 Å². The number of carbonyl (C=O) groups is 2. The quantitative estimate of drug-likeness (QED) is 0.750. The second kappa shape index (κ2) is 9.15. The Labute approximate surface area is 121 Å². The lowest BCUT2D eigenvalue weighted by Gasteiger charge is -2.28. The Morgan fingerprint density at radius 3 is 2.58 bits per heavy atom. The zero-order chi connectivity index (χ0) is 13.5. The average molecular weight is 293 g/mol. The first-order valence-corrected chi connectivity index (χ1v) is 6.64. The molecule has 112 valence electrons. The number of methoxy groups -OCH3 is 1. The molecule has 0 spiro atoms. The van der Waals surface area contributed by atoms with Gasteiger partial charge in [0, 0.05) is 18.5 Å². The highest BCUT2D eigenvalue weighted by molar-refractivity contribution is 5.85. The van der Waals surface area contributed by atoms with Crippen LogP contribution in [0.3, 0.4) is 0 Å². The van der Waals surface area contributed by atoms with Crippen molar-refractivity contribution >= 4 is 24.3 Å². The van der Waals surface area contributed by atoms with Gasteiger partial charge in [-0.05, 0) is 25.7 Å². The number of amides is 1. The Kier molecular flexibility index (Phi) is 8.76. The first kappa shape index (κ1) is 18.2. The van der Waals surface area contributed by atoms with Gasteiger partial charge in [0.05, 0.1) is 13.5 Å². The van der Waals surface area contributed by atoms with Crippen LogP contribution in [0.15, 0.2) is 0 Å². The normalized spacial score (nSPS) is 23.9. The first-order chi connectivity index (χ1) is 8.52. The summed E-state index contributed by atoms with van der Waals surface area (Å²) < 4.78 is 4.56. The Morgan fingerprint density at radius 2 is 2.00 bits per heavy atom. The summed E-state index contributed by atoms with van der Waals surface area (Å²) in [7, 11) is 1.35. The molecule has 0 aromatic heterocycles. The molecule has 19 heavy (non-hydrogen) atoms. The van der Waals surface area contributed by atoms with Crippen molar-refractivity contribution in [3.63, 3.8) is 0 Å². The molecule has 0 aromatic carbocycles. The van der Waals surface area contributed by atoms with Gasteiger partial charge in [0.25, 0.3) is 0 Å². The maximum atomic E-state index is 11.8. The number of nitrogens with one attached hydrogen (secondary N) is 1. The molecule has 0 bridgehead atoms. The molecular weight excluding hydrogens is 268 g/mol. The number of halogens is 1. The highest BCUT2D eigenvalue weighted by Crippen LogP contribution is 2.25. The zero-order valence-electron chi connectivity index (χ0n) is 11.7. The predicted molar refractivity (Wildman–Crippen MR) is 76.0 cm³/mol. The Hall–Kier alpha value is -0.810. The summed E-state index contributed by atoms with van der Waals surface area (Å²) in [5.74, 6) is -0.0463. The smallest absolute Gasteiger partial charge is 0.307 e. The summed E-state index contributed by atoms with van der Waals surface area (Å²) in [5, 5.41) is 2.82. The molecule has 1 saturated carbocycles. The van der Waals surface area contributed by atoms with Gasteiger partial charge in [-0.1, -0.05) is 12.8 Å². The average Bonchev–Trinajstić information content (AvgIpc) is 2.31. The van der Waals surface area contributed by atoms with Crippen molar-refractivity contribution in [3.05, 3.63) is 0 Å². The summed E-state index contributed by atoms with van der Waals surface area (Å²) in [6.45, 7) is 1.80. The lowest BCUT2D eigenvalue weighted by atomic mass is 9.83. The van der Waals surface area contributed by atoms with E-state index < -0.39 is 0 Å². The molecule has 0 saturated heterocycles. The Balaban J connectivity index is 0.00000324. The summed E-state index contributed by atoms with van der Waals surface area (Å²) in [6, 6.07) is -0.0508. The van der Waals surface area contributed by atoms with Crippen LogP contribution in [-0.2, 0) is 14.3 Å². The van der Waals surface area contributed by atoms with Crippen molar-refractivity contribution in [1.82, 2.24) is 5.32 Å². The minimum absolute atomic E-state index is 0. The van der Waals surface area contributed by atoms with Crippen LogP contribution in [0.2, 0.25) is 0 Å². The van der Waals surface area contributed by atoms with E-state index in [4.69, 9.17) is 5.73 Å². The number of nitrogens with two attached hydrogens (primary N) is 1.